The summed E-state index contributed by atoms with van der Waals surface area (Å²) in [6.45, 7) is 3.26. The largest absolute Gasteiger partial charge is 0.291 e. The maximum atomic E-state index is 12.7. The van der Waals surface area contributed by atoms with Crippen LogP contribution in [0.25, 0.3) is 0 Å². The molecule has 2 heterocycles. The molecule has 1 aromatic rings. The van der Waals surface area contributed by atoms with E-state index in [1.54, 1.807) is 6.20 Å². The molecular weight excluding hydrogens is 200 g/mol. The molecule has 0 amide bonds. The van der Waals surface area contributed by atoms with Gasteiger partial charge in [-0.1, -0.05) is 0 Å². The third kappa shape index (κ3) is 2.17. The van der Waals surface area contributed by atoms with E-state index >= 15 is 0 Å². The van der Waals surface area contributed by atoms with Crippen LogP contribution in [-0.4, -0.2) is 34.1 Å². The smallest absolute Gasteiger partial charge is 0.253 e. The van der Waals surface area contributed by atoms with Crippen molar-refractivity contribution in [1.82, 2.24) is 15.1 Å². The van der Waals surface area contributed by atoms with E-state index in [4.69, 9.17) is 0 Å². The minimum atomic E-state index is -2.24. The molecule has 1 fully saturated rings. The Labute approximate surface area is 87.5 Å². The highest BCUT2D eigenvalue weighted by Crippen LogP contribution is 2.25. The summed E-state index contributed by atoms with van der Waals surface area (Å²) in [4.78, 5) is 1.85. The fourth-order valence-corrected chi connectivity index (χ4v) is 2.09. The van der Waals surface area contributed by atoms with E-state index in [9.17, 15) is 8.78 Å². The number of aromatic amines is 1. The minimum absolute atomic E-state index is 0.570. The fraction of sp³-hybridized carbons (Fsp3) is 0.700. The van der Waals surface area contributed by atoms with Gasteiger partial charge in [0.1, 0.15) is 0 Å². The summed E-state index contributed by atoms with van der Waals surface area (Å²) in [5.41, 5.74) is 1.98. The molecular formula is C10H15F2N3. The van der Waals surface area contributed by atoms with Crippen molar-refractivity contribution in [2.45, 2.75) is 38.8 Å². The average molecular weight is 215 g/mol. The highest BCUT2D eigenvalue weighted by atomic mass is 19.3. The van der Waals surface area contributed by atoms with Crippen molar-refractivity contribution >= 4 is 0 Å². The number of hydrogen-bond acceptors (Lipinski definition) is 2. The number of rotatable bonds is 3. The second-order valence-corrected chi connectivity index (χ2v) is 4.03. The maximum absolute atomic E-state index is 12.7. The van der Waals surface area contributed by atoms with E-state index in [1.165, 1.54) is 0 Å². The standard InChI is InChI=1S/C10H15F2N3/c1-7-8(5-13-14-7)6-15-4-2-3-9(15)10(11)12/h5,9-10H,2-4,6H2,1H3,(H,13,14)/t9-/m1/s1. The average Bonchev–Trinajstić information content (AvgIpc) is 2.77. The maximum Gasteiger partial charge on any atom is 0.253 e. The topological polar surface area (TPSA) is 31.9 Å². The normalized spacial score (nSPS) is 22.8. The Bertz CT molecular complexity index is 324. The molecule has 0 aliphatic carbocycles. The third-order valence-corrected chi connectivity index (χ3v) is 3.01. The molecule has 0 spiro atoms. The van der Waals surface area contributed by atoms with Crippen LogP contribution >= 0.6 is 0 Å². The summed E-state index contributed by atoms with van der Waals surface area (Å²) < 4.78 is 25.3. The zero-order valence-electron chi connectivity index (χ0n) is 8.71. The number of nitrogens with zero attached hydrogens (tertiary/aromatic N) is 2. The molecule has 1 saturated heterocycles. The van der Waals surface area contributed by atoms with E-state index in [2.05, 4.69) is 10.2 Å². The lowest BCUT2D eigenvalue weighted by Crippen LogP contribution is -2.34. The summed E-state index contributed by atoms with van der Waals surface area (Å²) in [6.07, 6.45) is 0.955. The van der Waals surface area contributed by atoms with E-state index in [-0.39, 0.29) is 0 Å². The predicted molar refractivity (Wildman–Crippen MR) is 52.8 cm³/mol. The molecule has 0 bridgehead atoms. The van der Waals surface area contributed by atoms with Crippen LogP contribution in [0.1, 0.15) is 24.1 Å². The number of halogens is 2. The van der Waals surface area contributed by atoms with Gasteiger partial charge in [0.25, 0.3) is 6.43 Å². The Kier molecular flexibility index (Phi) is 3.00. The molecule has 1 aromatic heterocycles. The summed E-state index contributed by atoms with van der Waals surface area (Å²) in [6, 6.07) is -0.570. The van der Waals surface area contributed by atoms with Crippen LogP contribution in [0.4, 0.5) is 8.78 Å². The Morgan fingerprint density at radius 3 is 3.07 bits per heavy atom. The van der Waals surface area contributed by atoms with Crippen molar-refractivity contribution in [1.29, 1.82) is 0 Å². The molecule has 84 valence electrons. The quantitative estimate of drug-likeness (QED) is 0.835. The second kappa shape index (κ2) is 4.26. The first-order valence-electron chi connectivity index (χ1n) is 5.19. The van der Waals surface area contributed by atoms with Crippen LogP contribution in [0.15, 0.2) is 6.20 Å². The molecule has 5 heteroatoms. The van der Waals surface area contributed by atoms with Crippen molar-refractivity contribution in [3.05, 3.63) is 17.5 Å². The number of likely N-dealkylation sites (tertiary alicyclic amines) is 1. The van der Waals surface area contributed by atoms with Crippen LogP contribution in [0.5, 0.6) is 0 Å². The van der Waals surface area contributed by atoms with Crippen molar-refractivity contribution in [2.24, 2.45) is 0 Å². The van der Waals surface area contributed by atoms with Crippen molar-refractivity contribution in [3.63, 3.8) is 0 Å². The van der Waals surface area contributed by atoms with E-state index < -0.39 is 12.5 Å². The van der Waals surface area contributed by atoms with Gasteiger partial charge in [-0.2, -0.15) is 5.10 Å². The first-order chi connectivity index (χ1) is 7.18. The summed E-state index contributed by atoms with van der Waals surface area (Å²) in [7, 11) is 0. The molecule has 1 atom stereocenters. The lowest BCUT2D eigenvalue weighted by molar-refractivity contribution is 0.0439. The van der Waals surface area contributed by atoms with Gasteiger partial charge < -0.3 is 0 Å². The lowest BCUT2D eigenvalue weighted by Gasteiger charge is -2.23. The number of aromatic nitrogens is 2. The molecule has 0 saturated carbocycles. The van der Waals surface area contributed by atoms with Gasteiger partial charge in [-0.25, -0.2) is 8.78 Å². The molecule has 0 aromatic carbocycles. The van der Waals surface area contributed by atoms with Crippen LogP contribution in [-0.2, 0) is 6.54 Å². The van der Waals surface area contributed by atoms with E-state index in [1.807, 2.05) is 11.8 Å². The number of aryl methyl sites for hydroxylation is 1. The molecule has 3 nitrogen and oxygen atoms in total. The molecule has 1 aliphatic heterocycles. The molecule has 2 rings (SSSR count). The van der Waals surface area contributed by atoms with Gasteiger partial charge >= 0.3 is 0 Å². The van der Waals surface area contributed by atoms with Gasteiger partial charge in [-0.05, 0) is 26.3 Å². The number of alkyl halides is 2. The van der Waals surface area contributed by atoms with Gasteiger partial charge in [0.2, 0.25) is 0 Å². The SMILES string of the molecule is Cc1[nH]ncc1CN1CCC[C@@H]1C(F)F. The third-order valence-electron chi connectivity index (χ3n) is 3.01. The zero-order chi connectivity index (χ0) is 10.8. The number of hydrogen-bond donors (Lipinski definition) is 1. The zero-order valence-corrected chi connectivity index (χ0v) is 8.71. The van der Waals surface area contributed by atoms with Crippen LogP contribution in [0, 0.1) is 6.92 Å². The Balaban J connectivity index is 2.02. The van der Waals surface area contributed by atoms with E-state index in [0.29, 0.717) is 13.0 Å². The highest BCUT2D eigenvalue weighted by molar-refractivity contribution is 5.14. The van der Waals surface area contributed by atoms with Crippen molar-refractivity contribution in [2.75, 3.05) is 6.54 Å². The Morgan fingerprint density at radius 2 is 2.47 bits per heavy atom. The Hall–Kier alpha value is -0.970. The number of nitrogens with one attached hydrogen (secondary N) is 1. The molecule has 1 aliphatic rings. The van der Waals surface area contributed by atoms with Gasteiger partial charge in [0, 0.05) is 17.8 Å². The molecule has 0 unspecified atom stereocenters. The van der Waals surface area contributed by atoms with Gasteiger partial charge in [-0.15, -0.1) is 0 Å². The second-order valence-electron chi connectivity index (χ2n) is 4.03. The van der Waals surface area contributed by atoms with Crippen LogP contribution in [0.2, 0.25) is 0 Å². The predicted octanol–water partition coefficient (Wildman–Crippen LogP) is 1.95. The van der Waals surface area contributed by atoms with Gasteiger partial charge in [0.05, 0.1) is 12.2 Å². The van der Waals surface area contributed by atoms with Crippen molar-refractivity contribution in [3.8, 4) is 0 Å². The first-order valence-corrected chi connectivity index (χ1v) is 5.19. The lowest BCUT2D eigenvalue weighted by atomic mass is 10.2. The van der Waals surface area contributed by atoms with Crippen LogP contribution in [0.3, 0.4) is 0 Å². The van der Waals surface area contributed by atoms with Gasteiger partial charge in [-0.3, -0.25) is 10.00 Å². The highest BCUT2D eigenvalue weighted by Gasteiger charge is 2.31. The summed E-state index contributed by atoms with van der Waals surface area (Å²) in [5, 5.41) is 6.72. The minimum Gasteiger partial charge on any atom is -0.291 e. The van der Waals surface area contributed by atoms with Crippen LogP contribution < -0.4 is 0 Å². The molecule has 0 radical (unpaired) electrons. The molecule has 1 N–H and O–H groups in total. The summed E-state index contributed by atoms with van der Waals surface area (Å²) in [5.74, 6) is 0. The first kappa shape index (κ1) is 10.5. The summed E-state index contributed by atoms with van der Waals surface area (Å²) >= 11 is 0. The number of H-pyrrole nitrogens is 1. The van der Waals surface area contributed by atoms with Crippen molar-refractivity contribution < 1.29 is 8.78 Å². The Morgan fingerprint density at radius 1 is 1.67 bits per heavy atom. The monoisotopic (exact) mass is 215 g/mol. The van der Waals surface area contributed by atoms with E-state index in [0.717, 1.165) is 24.2 Å². The molecule has 15 heavy (non-hydrogen) atoms. The van der Waals surface area contributed by atoms with Gasteiger partial charge in [0.15, 0.2) is 0 Å². The fourth-order valence-electron chi connectivity index (χ4n) is 2.09.